The Bertz CT molecular complexity index is 802. The van der Waals surface area contributed by atoms with E-state index < -0.39 is 46.2 Å². The van der Waals surface area contributed by atoms with Gasteiger partial charge in [-0.2, -0.15) is 0 Å². The van der Waals surface area contributed by atoms with Crippen molar-refractivity contribution in [3.05, 3.63) is 33.6 Å². The van der Waals surface area contributed by atoms with Gasteiger partial charge in [0.25, 0.3) is 11.6 Å². The van der Waals surface area contributed by atoms with Gasteiger partial charge in [-0.15, -0.1) is 0 Å². The highest BCUT2D eigenvalue weighted by atomic mass is 19.1. The zero-order chi connectivity index (χ0) is 20.4. The van der Waals surface area contributed by atoms with Crippen LogP contribution in [-0.4, -0.2) is 58.3 Å². The van der Waals surface area contributed by atoms with E-state index in [2.05, 4.69) is 10.6 Å². The summed E-state index contributed by atoms with van der Waals surface area (Å²) in [4.78, 5) is 35.0. The van der Waals surface area contributed by atoms with Crippen LogP contribution < -0.4 is 10.6 Å². The second kappa shape index (κ2) is 7.95. The number of halogens is 2. The fraction of sp³-hybridized carbons (Fsp3) is 0.529. The van der Waals surface area contributed by atoms with Crippen molar-refractivity contribution in [3.63, 3.8) is 0 Å². The number of nitro benzene ring substituents is 1. The van der Waals surface area contributed by atoms with E-state index in [0.29, 0.717) is 0 Å². The molecule has 28 heavy (non-hydrogen) atoms. The van der Waals surface area contributed by atoms with Crippen LogP contribution in [0.1, 0.15) is 36.0 Å². The predicted octanol–water partition coefficient (Wildman–Crippen LogP) is 2.52. The zero-order valence-corrected chi connectivity index (χ0v) is 14.9. The summed E-state index contributed by atoms with van der Waals surface area (Å²) in [5.41, 5.74) is -1.06. The van der Waals surface area contributed by atoms with Gasteiger partial charge in [0.15, 0.2) is 0 Å². The van der Waals surface area contributed by atoms with Crippen LogP contribution in [0.15, 0.2) is 12.1 Å². The number of benzene rings is 1. The lowest BCUT2D eigenvalue weighted by Crippen LogP contribution is -2.55. The number of carboxylic acid groups (broad SMARTS) is 1. The van der Waals surface area contributed by atoms with Gasteiger partial charge in [0.1, 0.15) is 17.7 Å². The molecule has 2 fully saturated rings. The largest absolute Gasteiger partial charge is 0.465 e. The van der Waals surface area contributed by atoms with Gasteiger partial charge in [-0.3, -0.25) is 14.9 Å². The van der Waals surface area contributed by atoms with Crippen molar-refractivity contribution in [2.45, 2.75) is 43.9 Å². The van der Waals surface area contributed by atoms with Gasteiger partial charge in [-0.05, 0) is 25.7 Å². The molecule has 1 aliphatic carbocycles. The van der Waals surface area contributed by atoms with E-state index in [1.54, 1.807) is 0 Å². The molecule has 1 heterocycles. The van der Waals surface area contributed by atoms with Crippen LogP contribution in [0.25, 0.3) is 0 Å². The van der Waals surface area contributed by atoms with Crippen molar-refractivity contribution in [3.8, 4) is 0 Å². The highest BCUT2D eigenvalue weighted by molar-refractivity contribution is 5.96. The van der Waals surface area contributed by atoms with Gasteiger partial charge in [-0.25, -0.2) is 13.6 Å². The van der Waals surface area contributed by atoms with Crippen LogP contribution in [0.5, 0.6) is 0 Å². The summed E-state index contributed by atoms with van der Waals surface area (Å²) < 4.78 is 28.5. The molecular formula is C17H20F2N4O5. The highest BCUT2D eigenvalue weighted by Gasteiger charge is 2.34. The van der Waals surface area contributed by atoms with Crippen LogP contribution in [0.3, 0.4) is 0 Å². The number of likely N-dealkylation sites (tertiary alicyclic amines) is 1. The van der Waals surface area contributed by atoms with Gasteiger partial charge in [-0.1, -0.05) is 0 Å². The van der Waals surface area contributed by atoms with Gasteiger partial charge < -0.3 is 20.6 Å². The number of nitro groups is 1. The second-order valence-electron chi connectivity index (χ2n) is 6.99. The number of amides is 2. The number of hydrogen-bond acceptors (Lipinski definition) is 5. The first-order chi connectivity index (χ1) is 13.3. The molecule has 3 N–H and O–H groups in total. The monoisotopic (exact) mass is 398 g/mol. The molecule has 0 unspecified atom stereocenters. The lowest BCUT2D eigenvalue weighted by atomic mass is 9.93. The summed E-state index contributed by atoms with van der Waals surface area (Å²) >= 11 is 0. The average Bonchev–Trinajstić information content (AvgIpc) is 2.59. The number of rotatable bonds is 5. The molecule has 1 aromatic carbocycles. The number of carbonyl (C=O) groups is 2. The fourth-order valence-electron chi connectivity index (χ4n) is 3.25. The lowest BCUT2D eigenvalue weighted by molar-refractivity contribution is -0.384. The second-order valence-corrected chi connectivity index (χ2v) is 6.99. The van der Waals surface area contributed by atoms with Crippen LogP contribution in [0.4, 0.5) is 25.0 Å². The summed E-state index contributed by atoms with van der Waals surface area (Å²) in [5.74, 6) is -2.01. The minimum atomic E-state index is -1.50. The smallest absolute Gasteiger partial charge is 0.407 e. The van der Waals surface area contributed by atoms with Gasteiger partial charge >= 0.3 is 6.09 Å². The Kier molecular flexibility index (Phi) is 5.61. The maximum absolute atomic E-state index is 14.5. The molecule has 1 saturated heterocycles. The van der Waals surface area contributed by atoms with Crippen LogP contribution in [0.2, 0.25) is 0 Å². The standard InChI is InChI=1S/C17H20F2N4O5/c18-11-4-5-22(17(25)26)8-14(11)21-16(24)10-6-15(23(27)28)13(7-12(10)19)20-9-2-1-3-9/h6-7,9,11,14,20H,1-5,8H2,(H,21,24)(H,25,26)/t11-,14-/m0/s1. The number of hydrogen-bond donors (Lipinski definition) is 3. The van der Waals surface area contributed by atoms with Gasteiger partial charge in [0.2, 0.25) is 0 Å². The Morgan fingerprint density at radius 1 is 1.29 bits per heavy atom. The van der Waals surface area contributed by atoms with Gasteiger partial charge in [0.05, 0.1) is 16.5 Å². The van der Waals surface area contributed by atoms with E-state index in [1.165, 1.54) is 0 Å². The van der Waals surface area contributed by atoms with E-state index in [-0.39, 0.29) is 31.2 Å². The Morgan fingerprint density at radius 3 is 2.57 bits per heavy atom. The Balaban J connectivity index is 1.79. The third-order valence-electron chi connectivity index (χ3n) is 5.11. The van der Waals surface area contributed by atoms with Crippen LogP contribution >= 0.6 is 0 Å². The van der Waals surface area contributed by atoms with Crippen molar-refractivity contribution < 1.29 is 28.4 Å². The summed E-state index contributed by atoms with van der Waals surface area (Å²) in [6.07, 6.45) is -0.240. The molecule has 11 heteroatoms. The number of nitrogens with one attached hydrogen (secondary N) is 2. The molecule has 0 spiro atoms. The number of nitrogens with zero attached hydrogens (tertiary/aromatic N) is 2. The van der Waals surface area contributed by atoms with E-state index in [0.717, 1.165) is 36.3 Å². The quantitative estimate of drug-likeness (QED) is 0.517. The van der Waals surface area contributed by atoms with Crippen LogP contribution in [0, 0.1) is 15.9 Å². The minimum absolute atomic E-state index is 0.00969. The normalized spacial score (nSPS) is 22.3. The molecule has 2 atom stereocenters. The summed E-state index contributed by atoms with van der Waals surface area (Å²) in [6.45, 7) is -0.294. The number of anilines is 1. The molecule has 0 aromatic heterocycles. The summed E-state index contributed by atoms with van der Waals surface area (Å²) in [7, 11) is 0. The molecule has 1 aliphatic heterocycles. The zero-order valence-electron chi connectivity index (χ0n) is 14.9. The number of carbonyl (C=O) groups excluding carboxylic acids is 1. The first-order valence-corrected chi connectivity index (χ1v) is 8.93. The third-order valence-corrected chi connectivity index (χ3v) is 5.11. The van der Waals surface area contributed by atoms with Crippen LogP contribution in [-0.2, 0) is 0 Å². The molecule has 1 aromatic rings. The lowest BCUT2D eigenvalue weighted by Gasteiger charge is -2.33. The molecule has 3 rings (SSSR count). The van der Waals surface area contributed by atoms with E-state index in [9.17, 15) is 28.5 Å². The highest BCUT2D eigenvalue weighted by Crippen LogP contribution is 2.32. The summed E-state index contributed by atoms with van der Waals surface area (Å²) in [5, 5.41) is 25.5. The van der Waals surface area contributed by atoms with Crippen molar-refractivity contribution in [1.82, 2.24) is 10.2 Å². The minimum Gasteiger partial charge on any atom is -0.465 e. The Morgan fingerprint density at radius 2 is 2.00 bits per heavy atom. The van der Waals surface area contributed by atoms with Crippen molar-refractivity contribution in [1.29, 1.82) is 0 Å². The predicted molar refractivity (Wildman–Crippen MR) is 94.7 cm³/mol. The average molecular weight is 398 g/mol. The van der Waals surface area contributed by atoms with Crippen molar-refractivity contribution >= 4 is 23.4 Å². The molecular weight excluding hydrogens is 378 g/mol. The Hall–Kier alpha value is -2.98. The molecule has 152 valence electrons. The Labute approximate surface area is 158 Å². The number of alkyl halides is 1. The van der Waals surface area contributed by atoms with Crippen molar-refractivity contribution in [2.75, 3.05) is 18.4 Å². The third kappa shape index (κ3) is 4.12. The first kappa shape index (κ1) is 19.8. The van der Waals surface area contributed by atoms with E-state index in [4.69, 9.17) is 5.11 Å². The number of piperidine rings is 1. The first-order valence-electron chi connectivity index (χ1n) is 8.93. The maximum Gasteiger partial charge on any atom is 0.407 e. The van der Waals surface area contributed by atoms with Crippen molar-refractivity contribution in [2.24, 2.45) is 0 Å². The fourth-order valence-corrected chi connectivity index (χ4v) is 3.25. The molecule has 0 radical (unpaired) electrons. The molecule has 0 bridgehead atoms. The van der Waals surface area contributed by atoms with Gasteiger partial charge in [0, 0.05) is 31.3 Å². The molecule has 2 aliphatic rings. The molecule has 2 amide bonds. The van der Waals surface area contributed by atoms with E-state index in [1.807, 2.05) is 0 Å². The maximum atomic E-state index is 14.5. The topological polar surface area (TPSA) is 125 Å². The summed E-state index contributed by atoms with van der Waals surface area (Å²) in [6, 6.07) is 0.567. The SMILES string of the molecule is O=C(N[C@H]1CN(C(=O)O)CC[C@@H]1F)c1cc([N+](=O)[O-])c(NC2CCC2)cc1F. The molecule has 1 saturated carbocycles. The molecule has 9 nitrogen and oxygen atoms in total. The van der Waals surface area contributed by atoms with E-state index >= 15 is 0 Å².